The molecule has 0 radical (unpaired) electrons. The van der Waals surface area contributed by atoms with Gasteiger partial charge < -0.3 is 0 Å². The largest absolute Gasteiger partial charge is 0.144 e. The van der Waals surface area contributed by atoms with Crippen LogP contribution in [0, 0.1) is 0 Å². The number of benzene rings is 1. The maximum Gasteiger partial charge on any atom is 0.0348 e. The van der Waals surface area contributed by atoms with Crippen LogP contribution in [0.5, 0.6) is 0 Å². The summed E-state index contributed by atoms with van der Waals surface area (Å²) in [7, 11) is 0. The molecule has 0 spiro atoms. The van der Waals surface area contributed by atoms with Gasteiger partial charge in [-0.2, -0.15) is 0 Å². The Kier molecular flexibility index (Phi) is 3.59. The Balaban J connectivity index is 2.05. The second-order valence-corrected chi connectivity index (χ2v) is 4.31. The minimum absolute atomic E-state index is 0.522. The zero-order valence-corrected chi connectivity index (χ0v) is 9.52. The molecule has 0 aliphatic carbocycles. The number of fused-ring (bicyclic) bond motifs is 1. The fourth-order valence-electron chi connectivity index (χ4n) is 1.47. The first-order valence-electron chi connectivity index (χ1n) is 5.05. The molecule has 1 aromatic carbocycles. The minimum atomic E-state index is 0.522. The summed E-state index contributed by atoms with van der Waals surface area (Å²) >= 11 is 1.75. The lowest BCUT2D eigenvalue weighted by molar-refractivity contribution is 0.996. The van der Waals surface area contributed by atoms with Crippen LogP contribution >= 0.6 is 11.3 Å². The van der Waals surface area contributed by atoms with Gasteiger partial charge in [0.15, 0.2) is 0 Å². The first kappa shape index (κ1) is 10.7. The number of hydrogen-bond donors (Lipinski definition) is 0. The molecule has 1 aromatic heterocycles. The van der Waals surface area contributed by atoms with Crippen LogP contribution in [-0.2, 0) is 0 Å². The molecule has 0 bridgehead atoms. The predicted molar refractivity (Wildman–Crippen MR) is 69.5 cm³/mol. The van der Waals surface area contributed by atoms with E-state index < -0.39 is 0 Å². The molecule has 80 valence electrons. The van der Waals surface area contributed by atoms with Crippen LogP contribution in [0.2, 0.25) is 0 Å². The maximum atomic E-state index is 8.11. The van der Waals surface area contributed by atoms with E-state index in [0.29, 0.717) is 6.54 Å². The normalized spacial score (nSPS) is 10.8. The van der Waals surface area contributed by atoms with Crippen molar-refractivity contribution < 1.29 is 0 Å². The molecule has 2 aromatic rings. The van der Waals surface area contributed by atoms with E-state index in [1.54, 1.807) is 11.3 Å². The van der Waals surface area contributed by atoms with E-state index in [2.05, 4.69) is 45.7 Å². The third kappa shape index (κ3) is 2.63. The fourth-order valence-corrected chi connectivity index (χ4v) is 2.31. The van der Waals surface area contributed by atoms with Crippen LogP contribution in [0.25, 0.3) is 26.6 Å². The molecular formula is C12H11N3S. The highest BCUT2D eigenvalue weighted by Gasteiger charge is 1.94. The zero-order valence-electron chi connectivity index (χ0n) is 8.71. The summed E-state index contributed by atoms with van der Waals surface area (Å²) in [5, 5.41) is 6.86. The van der Waals surface area contributed by atoms with Crippen LogP contribution < -0.4 is 0 Å². The molecule has 2 rings (SSSR count). The van der Waals surface area contributed by atoms with Crippen molar-refractivity contribution in [2.24, 2.45) is 5.11 Å². The molecular weight excluding hydrogens is 218 g/mol. The Hall–Kier alpha value is -1.77. The highest BCUT2D eigenvalue weighted by molar-refractivity contribution is 7.17. The molecule has 3 nitrogen and oxygen atoms in total. The monoisotopic (exact) mass is 229 g/mol. The van der Waals surface area contributed by atoms with Gasteiger partial charge in [-0.05, 0) is 40.4 Å². The van der Waals surface area contributed by atoms with Gasteiger partial charge >= 0.3 is 0 Å². The van der Waals surface area contributed by atoms with Crippen molar-refractivity contribution in [3.8, 4) is 0 Å². The lowest BCUT2D eigenvalue weighted by Crippen LogP contribution is -1.74. The Morgan fingerprint density at radius 3 is 3.19 bits per heavy atom. The van der Waals surface area contributed by atoms with Gasteiger partial charge in [0.1, 0.15) is 0 Å². The average Bonchev–Trinajstić information content (AvgIpc) is 2.76. The van der Waals surface area contributed by atoms with Crippen LogP contribution in [0.1, 0.15) is 12.0 Å². The van der Waals surface area contributed by atoms with E-state index >= 15 is 0 Å². The Bertz CT molecular complexity index is 550. The third-order valence-electron chi connectivity index (χ3n) is 2.25. The summed E-state index contributed by atoms with van der Waals surface area (Å²) in [6.45, 7) is 0.522. The molecule has 4 heteroatoms. The number of azide groups is 1. The predicted octanol–water partition coefficient (Wildman–Crippen LogP) is 4.61. The van der Waals surface area contributed by atoms with Crippen molar-refractivity contribution in [3.05, 3.63) is 51.7 Å². The van der Waals surface area contributed by atoms with Gasteiger partial charge in [-0.15, -0.1) is 11.3 Å². The quantitative estimate of drug-likeness (QED) is 0.318. The van der Waals surface area contributed by atoms with Gasteiger partial charge in [0.05, 0.1) is 0 Å². The van der Waals surface area contributed by atoms with Gasteiger partial charge in [-0.1, -0.05) is 29.4 Å². The summed E-state index contributed by atoms with van der Waals surface area (Å²) in [6.07, 6.45) is 4.88. The SMILES string of the molecule is [N-]=[N+]=NCCC=Cc1ccc2ccsc2c1. The Morgan fingerprint density at radius 1 is 1.38 bits per heavy atom. The summed E-state index contributed by atoms with van der Waals surface area (Å²) in [5.41, 5.74) is 9.30. The number of rotatable bonds is 4. The summed E-state index contributed by atoms with van der Waals surface area (Å²) < 4.78 is 1.30. The molecule has 0 fully saturated rings. The van der Waals surface area contributed by atoms with Crippen molar-refractivity contribution in [1.29, 1.82) is 0 Å². The highest BCUT2D eigenvalue weighted by atomic mass is 32.1. The average molecular weight is 229 g/mol. The number of thiophene rings is 1. The standard InChI is InChI=1S/C12H11N3S/c13-15-14-7-2-1-3-10-4-5-11-6-8-16-12(11)9-10/h1,3-6,8-9H,2,7H2. The van der Waals surface area contributed by atoms with Crippen LogP contribution in [0.3, 0.4) is 0 Å². The number of nitrogens with zero attached hydrogens (tertiary/aromatic N) is 3. The van der Waals surface area contributed by atoms with Gasteiger partial charge in [0.2, 0.25) is 0 Å². The van der Waals surface area contributed by atoms with E-state index in [1.807, 2.05) is 6.08 Å². The van der Waals surface area contributed by atoms with Crippen LogP contribution in [0.4, 0.5) is 0 Å². The summed E-state index contributed by atoms with van der Waals surface area (Å²) in [6, 6.07) is 8.51. The van der Waals surface area contributed by atoms with Gasteiger partial charge in [-0.3, -0.25) is 0 Å². The maximum absolute atomic E-state index is 8.11. The molecule has 0 saturated carbocycles. The third-order valence-corrected chi connectivity index (χ3v) is 3.13. The Labute approximate surface area is 97.7 Å². The molecule has 1 heterocycles. The van der Waals surface area contributed by atoms with E-state index in [4.69, 9.17) is 5.53 Å². The van der Waals surface area contributed by atoms with Gasteiger partial charge in [-0.25, -0.2) is 0 Å². The van der Waals surface area contributed by atoms with Crippen molar-refractivity contribution >= 4 is 27.5 Å². The molecule has 0 unspecified atom stereocenters. The molecule has 0 amide bonds. The van der Waals surface area contributed by atoms with Crippen molar-refractivity contribution in [1.82, 2.24) is 0 Å². The van der Waals surface area contributed by atoms with Gasteiger partial charge in [0, 0.05) is 16.2 Å². The second-order valence-electron chi connectivity index (χ2n) is 3.36. The topological polar surface area (TPSA) is 48.8 Å². The first-order valence-corrected chi connectivity index (χ1v) is 5.93. The first-order chi connectivity index (χ1) is 7.90. The van der Waals surface area contributed by atoms with E-state index in [9.17, 15) is 0 Å². The van der Waals surface area contributed by atoms with E-state index in [1.165, 1.54) is 15.6 Å². The molecule has 0 atom stereocenters. The lowest BCUT2D eigenvalue weighted by Gasteiger charge is -1.93. The van der Waals surface area contributed by atoms with Crippen molar-refractivity contribution in [3.63, 3.8) is 0 Å². The highest BCUT2D eigenvalue weighted by Crippen LogP contribution is 2.22. The summed E-state index contributed by atoms with van der Waals surface area (Å²) in [4.78, 5) is 2.71. The van der Waals surface area contributed by atoms with Crippen molar-refractivity contribution in [2.75, 3.05) is 6.54 Å². The molecule has 0 aliphatic heterocycles. The second kappa shape index (κ2) is 5.35. The fraction of sp³-hybridized carbons (Fsp3) is 0.167. The van der Waals surface area contributed by atoms with Gasteiger partial charge in [0.25, 0.3) is 0 Å². The number of hydrogen-bond acceptors (Lipinski definition) is 2. The van der Waals surface area contributed by atoms with E-state index in [0.717, 1.165) is 6.42 Å². The molecule has 0 N–H and O–H groups in total. The van der Waals surface area contributed by atoms with E-state index in [-0.39, 0.29) is 0 Å². The minimum Gasteiger partial charge on any atom is -0.144 e. The zero-order chi connectivity index (χ0) is 11.2. The molecule has 0 saturated heterocycles. The van der Waals surface area contributed by atoms with Crippen molar-refractivity contribution in [2.45, 2.75) is 6.42 Å². The smallest absolute Gasteiger partial charge is 0.0348 e. The van der Waals surface area contributed by atoms with Crippen LogP contribution in [0.15, 0.2) is 40.8 Å². The summed E-state index contributed by atoms with van der Waals surface area (Å²) in [5.74, 6) is 0. The van der Waals surface area contributed by atoms with Crippen LogP contribution in [-0.4, -0.2) is 6.54 Å². The molecule has 16 heavy (non-hydrogen) atoms. The molecule has 0 aliphatic rings. The lowest BCUT2D eigenvalue weighted by atomic mass is 10.1. The Morgan fingerprint density at radius 2 is 2.31 bits per heavy atom.